The Bertz CT molecular complexity index is 1480. The van der Waals surface area contributed by atoms with Crippen molar-refractivity contribution in [3.63, 3.8) is 0 Å². The van der Waals surface area contributed by atoms with Gasteiger partial charge in [-0.3, -0.25) is 33.2 Å². The van der Waals surface area contributed by atoms with Crippen molar-refractivity contribution in [2.45, 2.75) is 6.10 Å². The molecule has 2 aromatic carbocycles. The van der Waals surface area contributed by atoms with Crippen LogP contribution in [0.3, 0.4) is 0 Å². The summed E-state index contributed by atoms with van der Waals surface area (Å²) < 4.78 is 56.1. The summed E-state index contributed by atoms with van der Waals surface area (Å²) in [5, 5.41) is 0. The Morgan fingerprint density at radius 3 is 1.43 bits per heavy atom. The summed E-state index contributed by atoms with van der Waals surface area (Å²) in [6, 6.07) is 12.4. The lowest BCUT2D eigenvalue weighted by Gasteiger charge is -2.37. The van der Waals surface area contributed by atoms with Gasteiger partial charge in [0.05, 0.1) is 33.8 Å². The van der Waals surface area contributed by atoms with Gasteiger partial charge in [-0.05, 0) is 24.3 Å². The number of nitrogens with zero attached hydrogens (tertiary/aromatic N) is 3. The van der Waals surface area contributed by atoms with Crippen LogP contribution in [0.15, 0.2) is 48.5 Å². The van der Waals surface area contributed by atoms with Gasteiger partial charge in [0.25, 0.3) is 33.7 Å². The molecule has 1 fully saturated rings. The van der Waals surface area contributed by atoms with E-state index in [1.54, 1.807) is 24.3 Å². The van der Waals surface area contributed by atoms with Crippen molar-refractivity contribution in [2.75, 3.05) is 37.7 Å². The molecule has 12 nitrogen and oxygen atoms in total. The fraction of sp³-hybridized carbons (Fsp3) is 0.304. The highest BCUT2D eigenvalue weighted by molar-refractivity contribution is 7.89. The predicted octanol–water partition coefficient (Wildman–Crippen LogP) is -0.0608. The van der Waals surface area contributed by atoms with Crippen LogP contribution >= 0.6 is 0 Å². The molecule has 3 aliphatic rings. The maximum Gasteiger partial charge on any atom is 0.269 e. The summed E-state index contributed by atoms with van der Waals surface area (Å²) in [4.78, 5) is 51.3. The van der Waals surface area contributed by atoms with E-state index in [0.29, 0.717) is 0 Å². The van der Waals surface area contributed by atoms with Crippen LogP contribution in [0.2, 0.25) is 0 Å². The van der Waals surface area contributed by atoms with Crippen LogP contribution in [0, 0.1) is 0 Å². The molecular formula is C23H21N3O9S2. The molecule has 1 saturated heterocycles. The van der Waals surface area contributed by atoms with Crippen LogP contribution in [-0.2, 0) is 24.3 Å². The molecule has 0 aliphatic carbocycles. The number of hydrogen-bond donors (Lipinski definition) is 0. The zero-order valence-corrected chi connectivity index (χ0v) is 20.9. The molecule has 4 amide bonds. The number of amides is 4. The zero-order valence-electron chi connectivity index (χ0n) is 19.3. The van der Waals surface area contributed by atoms with Gasteiger partial charge in [-0.25, -0.2) is 8.42 Å². The highest BCUT2D eigenvalue weighted by Crippen LogP contribution is 2.25. The summed E-state index contributed by atoms with van der Waals surface area (Å²) in [5.41, 5.74) is 0.834. The number of hydrogen-bond acceptors (Lipinski definition) is 9. The highest BCUT2D eigenvalue weighted by atomic mass is 32.2. The van der Waals surface area contributed by atoms with Gasteiger partial charge in [-0.15, -0.1) is 0 Å². The van der Waals surface area contributed by atoms with Gasteiger partial charge >= 0.3 is 0 Å². The standard InChI is InChI=1S/C23H21N3O9S2/c27-20-16-5-1-2-6-17(16)21(28)25(20)9-11-36(31,32)24-13-15(14-24)35-37(33,34)12-10-26-22(29)18-7-3-4-8-19(18)23(26)30/h1-8,15H,9-14H2. The average Bonchev–Trinajstić information content (AvgIpc) is 3.23. The normalized spacial score (nSPS) is 18.4. The van der Waals surface area contributed by atoms with E-state index in [1.807, 2.05) is 0 Å². The fourth-order valence-corrected chi connectivity index (χ4v) is 6.86. The number of benzene rings is 2. The van der Waals surface area contributed by atoms with E-state index in [4.69, 9.17) is 4.18 Å². The van der Waals surface area contributed by atoms with E-state index < -0.39 is 67.9 Å². The van der Waals surface area contributed by atoms with Crippen LogP contribution < -0.4 is 0 Å². The smallest absolute Gasteiger partial charge is 0.269 e. The van der Waals surface area contributed by atoms with Crippen molar-refractivity contribution in [1.82, 2.24) is 14.1 Å². The minimum Gasteiger partial charge on any atom is -0.273 e. The molecule has 3 aliphatic heterocycles. The number of rotatable bonds is 9. The third-order valence-electron chi connectivity index (χ3n) is 6.38. The molecule has 14 heteroatoms. The van der Waals surface area contributed by atoms with Crippen LogP contribution in [0.5, 0.6) is 0 Å². The van der Waals surface area contributed by atoms with Crippen LogP contribution in [0.1, 0.15) is 41.4 Å². The molecule has 0 atom stereocenters. The first-order valence-electron chi connectivity index (χ1n) is 11.3. The monoisotopic (exact) mass is 547 g/mol. The number of sulfonamides is 1. The van der Waals surface area contributed by atoms with E-state index in [0.717, 1.165) is 14.1 Å². The number of fused-ring (bicyclic) bond motifs is 2. The van der Waals surface area contributed by atoms with Gasteiger partial charge in [-0.2, -0.15) is 12.7 Å². The van der Waals surface area contributed by atoms with Gasteiger partial charge in [0.2, 0.25) is 10.0 Å². The molecule has 5 rings (SSSR count). The first kappa shape index (κ1) is 25.2. The summed E-state index contributed by atoms with van der Waals surface area (Å²) >= 11 is 0. The molecule has 0 N–H and O–H groups in total. The molecule has 0 saturated carbocycles. The van der Waals surface area contributed by atoms with Crippen molar-refractivity contribution in [2.24, 2.45) is 0 Å². The third-order valence-corrected chi connectivity index (χ3v) is 9.42. The summed E-state index contributed by atoms with van der Waals surface area (Å²) in [6.45, 7) is -1.19. The van der Waals surface area contributed by atoms with Crippen molar-refractivity contribution < 1.29 is 40.2 Å². The summed E-state index contributed by atoms with van der Waals surface area (Å²) in [5.74, 6) is -3.46. The fourth-order valence-electron chi connectivity index (χ4n) is 4.37. The second kappa shape index (κ2) is 9.13. The van der Waals surface area contributed by atoms with Crippen LogP contribution in [-0.4, -0.2) is 98.4 Å². The lowest BCUT2D eigenvalue weighted by atomic mass is 10.1. The minimum atomic E-state index is -4.17. The van der Waals surface area contributed by atoms with Gasteiger partial charge < -0.3 is 0 Å². The SMILES string of the molecule is O=C1c2ccccc2C(=O)N1CCS(=O)(=O)OC1CN(S(=O)(=O)CCN2C(=O)c3ccccc3C2=O)C1. The Morgan fingerprint density at radius 2 is 1.03 bits per heavy atom. The van der Waals surface area contributed by atoms with E-state index >= 15 is 0 Å². The van der Waals surface area contributed by atoms with Crippen molar-refractivity contribution >= 4 is 43.8 Å². The number of carbonyl (C=O) groups excluding carboxylic acids is 4. The Kier molecular flexibility index (Phi) is 6.22. The van der Waals surface area contributed by atoms with E-state index in [1.165, 1.54) is 24.3 Å². The minimum absolute atomic E-state index is 0.201. The number of carbonyl (C=O) groups is 4. The van der Waals surface area contributed by atoms with Gasteiger partial charge in [0.15, 0.2) is 0 Å². The Hall–Kier alpha value is -3.46. The topological polar surface area (TPSA) is 156 Å². The first-order valence-corrected chi connectivity index (χ1v) is 14.5. The molecule has 0 unspecified atom stereocenters. The predicted molar refractivity (Wildman–Crippen MR) is 128 cm³/mol. The van der Waals surface area contributed by atoms with Crippen molar-refractivity contribution in [1.29, 1.82) is 0 Å². The molecule has 3 heterocycles. The van der Waals surface area contributed by atoms with E-state index in [9.17, 15) is 36.0 Å². The lowest BCUT2D eigenvalue weighted by molar-refractivity contribution is 0.0637. The molecule has 2 aromatic rings. The average molecular weight is 548 g/mol. The van der Waals surface area contributed by atoms with Crippen LogP contribution in [0.25, 0.3) is 0 Å². The first-order chi connectivity index (χ1) is 17.5. The number of imide groups is 2. The van der Waals surface area contributed by atoms with Crippen LogP contribution in [0.4, 0.5) is 0 Å². The molecule has 37 heavy (non-hydrogen) atoms. The second-order valence-corrected chi connectivity index (χ2v) is 12.5. The van der Waals surface area contributed by atoms with Crippen molar-refractivity contribution in [3.8, 4) is 0 Å². The molecule has 0 radical (unpaired) electrons. The Labute approximate surface area is 212 Å². The molecule has 0 spiro atoms. The van der Waals surface area contributed by atoms with E-state index in [-0.39, 0.29) is 41.9 Å². The van der Waals surface area contributed by atoms with Gasteiger partial charge in [-0.1, -0.05) is 24.3 Å². The second-order valence-electron chi connectivity index (χ2n) is 8.73. The largest absolute Gasteiger partial charge is 0.273 e. The van der Waals surface area contributed by atoms with Gasteiger partial charge in [0, 0.05) is 26.2 Å². The maximum atomic E-state index is 12.6. The summed E-state index contributed by atoms with van der Waals surface area (Å²) in [6.07, 6.45) is -0.929. The third kappa shape index (κ3) is 4.56. The molecule has 194 valence electrons. The lowest BCUT2D eigenvalue weighted by Crippen LogP contribution is -2.56. The molecule has 0 bridgehead atoms. The Morgan fingerprint density at radius 1 is 0.649 bits per heavy atom. The van der Waals surface area contributed by atoms with Gasteiger partial charge in [0.1, 0.15) is 6.10 Å². The van der Waals surface area contributed by atoms with E-state index in [2.05, 4.69) is 0 Å². The molecular weight excluding hydrogens is 526 g/mol. The quantitative estimate of drug-likeness (QED) is 0.310. The highest BCUT2D eigenvalue weighted by Gasteiger charge is 2.42. The maximum absolute atomic E-state index is 12.6. The molecule has 0 aromatic heterocycles. The summed E-state index contributed by atoms with van der Waals surface area (Å²) in [7, 11) is -8.06. The Balaban J connectivity index is 1.11. The zero-order chi connectivity index (χ0) is 26.5. The van der Waals surface area contributed by atoms with Crippen molar-refractivity contribution in [3.05, 3.63) is 70.8 Å².